The molecule has 6 aromatic rings. The molecule has 0 aliphatic heterocycles. The maximum atomic E-state index is 13.6. The molecule has 0 fully saturated rings. The lowest BCUT2D eigenvalue weighted by atomic mass is 10.2. The van der Waals surface area contributed by atoms with E-state index in [0.717, 1.165) is 29.0 Å². The lowest BCUT2D eigenvalue weighted by molar-refractivity contribution is 0.301. The zero-order valence-corrected chi connectivity index (χ0v) is 27.9. The van der Waals surface area contributed by atoms with Crippen molar-refractivity contribution in [3.63, 3.8) is 0 Å². The third kappa shape index (κ3) is 8.90. The number of aromatic amines is 1. The largest absolute Gasteiger partial charge is 0.478 e. The number of halogens is 6. The molecule has 0 aliphatic carbocycles. The van der Waals surface area contributed by atoms with Crippen LogP contribution in [0.5, 0.6) is 11.8 Å². The zero-order valence-electron chi connectivity index (χ0n) is 24.1. The number of benzene rings is 3. The van der Waals surface area contributed by atoms with Gasteiger partial charge in [-0.15, -0.1) is 0 Å². The Labute approximate surface area is 284 Å². The smallest absolute Gasteiger partial charge is 0.249 e. The summed E-state index contributed by atoms with van der Waals surface area (Å²) in [5, 5.41) is 6.63. The van der Waals surface area contributed by atoms with E-state index in [1.165, 1.54) is 6.07 Å². The first-order valence-electron chi connectivity index (χ1n) is 13.8. The molecule has 0 bridgehead atoms. The Balaban J connectivity index is 0.000000155. The van der Waals surface area contributed by atoms with Crippen LogP contribution in [0.1, 0.15) is 26.7 Å². The fourth-order valence-corrected chi connectivity index (χ4v) is 5.32. The van der Waals surface area contributed by atoms with E-state index in [1.807, 2.05) is 38.1 Å². The summed E-state index contributed by atoms with van der Waals surface area (Å²) in [6.07, 6.45) is 1.78. The molecular weight excluding hydrogens is 683 g/mol. The first-order chi connectivity index (χ1) is 21.6. The number of ether oxygens (including phenoxy) is 2. The van der Waals surface area contributed by atoms with Gasteiger partial charge < -0.3 is 14.5 Å². The van der Waals surface area contributed by atoms with Gasteiger partial charge in [-0.05, 0) is 37.1 Å². The van der Waals surface area contributed by atoms with E-state index in [1.54, 1.807) is 42.5 Å². The summed E-state index contributed by atoms with van der Waals surface area (Å²) < 4.78 is 24.3. The van der Waals surface area contributed by atoms with Crippen LogP contribution in [0.25, 0.3) is 32.3 Å². The van der Waals surface area contributed by atoms with Gasteiger partial charge in [0.1, 0.15) is 10.3 Å². The number of nitrogens with one attached hydrogen (secondary N) is 1. The van der Waals surface area contributed by atoms with Crippen LogP contribution in [0.15, 0.2) is 77.6 Å². The highest BCUT2D eigenvalue weighted by molar-refractivity contribution is 6.39. The summed E-state index contributed by atoms with van der Waals surface area (Å²) in [7, 11) is 0. The molecule has 1 N–H and O–H groups in total. The van der Waals surface area contributed by atoms with Gasteiger partial charge in [-0.2, -0.15) is 9.37 Å². The highest BCUT2D eigenvalue weighted by atomic mass is 35.5. The Hall–Kier alpha value is -3.33. The van der Waals surface area contributed by atoms with Gasteiger partial charge in [-0.3, -0.25) is 4.79 Å². The Bertz CT molecular complexity index is 1910. The van der Waals surface area contributed by atoms with E-state index in [2.05, 4.69) is 15.0 Å². The average molecular weight is 710 g/mol. The number of H-pyrrole nitrogens is 1. The van der Waals surface area contributed by atoms with E-state index < -0.39 is 5.95 Å². The summed E-state index contributed by atoms with van der Waals surface area (Å²) in [6, 6.07) is 20.9. The van der Waals surface area contributed by atoms with Crippen molar-refractivity contribution in [1.82, 2.24) is 15.0 Å². The molecule has 0 atom stereocenters. The van der Waals surface area contributed by atoms with Crippen LogP contribution in [-0.2, 0) is 0 Å². The van der Waals surface area contributed by atoms with Crippen molar-refractivity contribution in [2.45, 2.75) is 26.7 Å². The van der Waals surface area contributed by atoms with Gasteiger partial charge in [0.05, 0.1) is 13.2 Å². The summed E-state index contributed by atoms with van der Waals surface area (Å²) in [5.41, 5.74) is -0.245. The fourth-order valence-electron chi connectivity index (χ4n) is 4.13. The van der Waals surface area contributed by atoms with Crippen molar-refractivity contribution in [3.05, 3.63) is 114 Å². The Kier molecular flexibility index (Phi) is 12.5. The summed E-state index contributed by atoms with van der Waals surface area (Å²) in [4.78, 5) is 21.4. The van der Waals surface area contributed by atoms with Gasteiger partial charge in [0.2, 0.25) is 23.3 Å². The Morgan fingerprint density at radius 1 is 0.644 bits per heavy atom. The van der Waals surface area contributed by atoms with Gasteiger partial charge in [-0.25, -0.2) is 4.98 Å². The second-order valence-corrected chi connectivity index (χ2v) is 11.5. The molecular formula is C33H27Cl5FN3O3. The van der Waals surface area contributed by atoms with Gasteiger partial charge in [0.15, 0.2) is 0 Å². The average Bonchev–Trinajstić information content (AvgIpc) is 3.01. The number of hydrogen-bond acceptors (Lipinski definition) is 5. The highest BCUT2D eigenvalue weighted by Gasteiger charge is 2.09. The van der Waals surface area contributed by atoms with E-state index in [9.17, 15) is 9.18 Å². The van der Waals surface area contributed by atoms with E-state index in [-0.39, 0.29) is 11.4 Å². The van der Waals surface area contributed by atoms with Crippen LogP contribution >= 0.6 is 58.0 Å². The predicted molar refractivity (Wildman–Crippen MR) is 185 cm³/mol. The van der Waals surface area contributed by atoms with Crippen LogP contribution in [0.3, 0.4) is 0 Å². The van der Waals surface area contributed by atoms with Gasteiger partial charge in [-0.1, -0.05) is 102 Å². The molecule has 234 valence electrons. The van der Waals surface area contributed by atoms with E-state index in [0.29, 0.717) is 60.6 Å². The Morgan fingerprint density at radius 3 is 1.67 bits per heavy atom. The number of nitrogens with zero attached hydrogens (tertiary/aromatic N) is 2. The van der Waals surface area contributed by atoms with Crippen molar-refractivity contribution >= 4 is 90.3 Å². The molecule has 12 heteroatoms. The van der Waals surface area contributed by atoms with Crippen LogP contribution < -0.4 is 15.0 Å². The monoisotopic (exact) mass is 707 g/mol. The third-order valence-electron chi connectivity index (χ3n) is 6.21. The zero-order chi connectivity index (χ0) is 32.5. The van der Waals surface area contributed by atoms with Crippen molar-refractivity contribution in [1.29, 1.82) is 0 Å². The molecule has 0 aliphatic rings. The van der Waals surface area contributed by atoms with E-state index >= 15 is 0 Å². The number of aromatic nitrogens is 3. The standard InChI is InChI=1S/C12H11Cl2NO.C12H11ClFNO.C9H5Cl2NO/c2*1-2-6-16-11-7-9-8(12(14)15-11)4-3-5-10(9)13;10-7-3-1-2-5-6(7)4-8(13)12-9(5)11/h2*3-5,7H,2,6H2,1H3;1-4H,(H,12,13). The lowest BCUT2D eigenvalue weighted by Gasteiger charge is -2.07. The molecule has 0 unspecified atom stereocenters. The second-order valence-electron chi connectivity index (χ2n) is 9.52. The first-order valence-corrected chi connectivity index (χ1v) is 15.7. The van der Waals surface area contributed by atoms with Crippen LogP contribution in [-0.4, -0.2) is 28.2 Å². The molecule has 0 saturated carbocycles. The summed E-state index contributed by atoms with van der Waals surface area (Å²) in [6.45, 7) is 5.15. The van der Waals surface area contributed by atoms with Crippen LogP contribution in [0.2, 0.25) is 25.4 Å². The van der Waals surface area contributed by atoms with Crippen LogP contribution in [0.4, 0.5) is 4.39 Å². The van der Waals surface area contributed by atoms with Crippen molar-refractivity contribution in [3.8, 4) is 11.8 Å². The quantitative estimate of drug-likeness (QED) is 0.174. The topological polar surface area (TPSA) is 77.1 Å². The summed E-state index contributed by atoms with van der Waals surface area (Å²) in [5.74, 6) is 0.249. The minimum atomic E-state index is -0.550. The van der Waals surface area contributed by atoms with Gasteiger partial charge >= 0.3 is 0 Å². The maximum Gasteiger partial charge on any atom is 0.249 e. The molecule has 0 radical (unpaired) electrons. The summed E-state index contributed by atoms with van der Waals surface area (Å²) >= 11 is 29.9. The lowest BCUT2D eigenvalue weighted by Crippen LogP contribution is -2.03. The molecule has 6 rings (SSSR count). The molecule has 0 saturated heterocycles. The first kappa shape index (κ1) is 34.5. The SMILES string of the molecule is CCCOc1cc2c(Cl)cccc2c(Cl)n1.CCCOc1cc2c(Cl)cccc2c(F)n1.O=c1cc2c(Cl)cccc2c(Cl)[nH]1. The molecule has 0 spiro atoms. The van der Waals surface area contributed by atoms with Gasteiger partial charge in [0.25, 0.3) is 0 Å². The van der Waals surface area contributed by atoms with E-state index in [4.69, 9.17) is 67.5 Å². The highest BCUT2D eigenvalue weighted by Crippen LogP contribution is 2.31. The normalized spacial score (nSPS) is 10.7. The number of hydrogen-bond donors (Lipinski definition) is 1. The van der Waals surface area contributed by atoms with Crippen molar-refractivity contribution < 1.29 is 13.9 Å². The minimum Gasteiger partial charge on any atom is -0.478 e. The number of pyridine rings is 3. The number of rotatable bonds is 6. The molecule has 6 nitrogen and oxygen atoms in total. The predicted octanol–water partition coefficient (Wildman–Crippen LogP) is 11.0. The Morgan fingerprint density at radius 2 is 1.11 bits per heavy atom. The van der Waals surface area contributed by atoms with Gasteiger partial charge in [0, 0.05) is 65.6 Å². The molecule has 0 amide bonds. The van der Waals surface area contributed by atoms with Crippen LogP contribution in [0, 0.1) is 5.95 Å². The van der Waals surface area contributed by atoms with Crippen molar-refractivity contribution in [2.75, 3.05) is 13.2 Å². The molecule has 45 heavy (non-hydrogen) atoms. The molecule has 3 aromatic heterocycles. The fraction of sp³-hybridized carbons (Fsp3) is 0.182. The number of fused-ring (bicyclic) bond motifs is 3. The van der Waals surface area contributed by atoms with Crippen molar-refractivity contribution in [2.24, 2.45) is 0 Å². The third-order valence-corrected chi connectivity index (χ3v) is 7.78. The second kappa shape index (κ2) is 16.3. The molecule has 3 aromatic carbocycles. The minimum absolute atomic E-state index is 0.245. The molecule has 3 heterocycles. The maximum absolute atomic E-state index is 13.6.